The van der Waals surface area contributed by atoms with Crippen molar-refractivity contribution in [3.63, 3.8) is 0 Å². The number of hydrogen-bond donors (Lipinski definition) is 0. The summed E-state index contributed by atoms with van der Waals surface area (Å²) in [4.78, 5) is 21.9. The summed E-state index contributed by atoms with van der Waals surface area (Å²) < 4.78 is 21.0. The molecule has 0 bridgehead atoms. The highest BCUT2D eigenvalue weighted by atomic mass is 16.5. The normalized spacial score (nSPS) is 9.80. The number of benzene rings is 1. The van der Waals surface area contributed by atoms with Crippen LogP contribution in [0.15, 0.2) is 36.9 Å². The van der Waals surface area contributed by atoms with E-state index < -0.39 is 5.97 Å². The van der Waals surface area contributed by atoms with E-state index in [1.165, 1.54) is 6.92 Å². The topological polar surface area (TPSA) is 71.1 Å². The van der Waals surface area contributed by atoms with Gasteiger partial charge in [-0.05, 0) is 31.2 Å². The molecule has 140 valence electrons. The molecular formula is C19H28O6. The number of carbonyl (C=O) groups is 2. The molecule has 0 aliphatic carbocycles. The predicted molar refractivity (Wildman–Crippen MR) is 96.1 cm³/mol. The van der Waals surface area contributed by atoms with E-state index in [2.05, 4.69) is 6.58 Å². The molecule has 0 spiro atoms. The molecule has 0 N–H and O–H groups in total. The molecule has 0 amide bonds. The minimum atomic E-state index is -0.422. The van der Waals surface area contributed by atoms with Crippen molar-refractivity contribution in [3.05, 3.63) is 42.5 Å². The zero-order valence-corrected chi connectivity index (χ0v) is 14.0. The monoisotopic (exact) mass is 352 g/mol. The van der Waals surface area contributed by atoms with Crippen molar-refractivity contribution in [2.75, 3.05) is 39.6 Å². The first-order valence-corrected chi connectivity index (χ1v) is 7.82. The maximum absolute atomic E-state index is 11.1. The highest BCUT2D eigenvalue weighted by Gasteiger charge is 1.99. The van der Waals surface area contributed by atoms with Crippen molar-refractivity contribution in [1.29, 1.82) is 0 Å². The van der Waals surface area contributed by atoms with Gasteiger partial charge in [0.1, 0.15) is 12.4 Å². The van der Waals surface area contributed by atoms with Crippen molar-refractivity contribution < 1.29 is 28.5 Å². The van der Waals surface area contributed by atoms with Gasteiger partial charge in [0.05, 0.1) is 26.4 Å². The first-order chi connectivity index (χ1) is 11.6. The van der Waals surface area contributed by atoms with Gasteiger partial charge in [0, 0.05) is 24.7 Å². The van der Waals surface area contributed by atoms with Crippen LogP contribution in [0, 0.1) is 0 Å². The number of ketones is 1. The zero-order chi connectivity index (χ0) is 17.6. The summed E-state index contributed by atoms with van der Waals surface area (Å²) in [7, 11) is 0. The molecule has 1 rings (SSSR count). The van der Waals surface area contributed by atoms with Crippen LogP contribution in [0.2, 0.25) is 0 Å². The molecule has 6 nitrogen and oxygen atoms in total. The minimum absolute atomic E-state index is 0. The van der Waals surface area contributed by atoms with Crippen molar-refractivity contribution >= 4 is 11.8 Å². The summed E-state index contributed by atoms with van der Waals surface area (Å²) in [5.41, 5.74) is 0.662. The van der Waals surface area contributed by atoms with Crippen LogP contribution < -0.4 is 4.74 Å². The van der Waals surface area contributed by atoms with E-state index in [0.717, 1.165) is 6.08 Å². The van der Waals surface area contributed by atoms with Crippen LogP contribution in [0.3, 0.4) is 0 Å². The second-order valence-electron chi connectivity index (χ2n) is 4.88. The summed E-state index contributed by atoms with van der Waals surface area (Å²) in [6.45, 7) is 7.49. The van der Waals surface area contributed by atoms with Gasteiger partial charge < -0.3 is 18.9 Å². The third-order valence-corrected chi connectivity index (χ3v) is 2.97. The summed E-state index contributed by atoms with van der Waals surface area (Å²) in [6, 6.07) is 7.00. The van der Waals surface area contributed by atoms with Crippen molar-refractivity contribution in [2.24, 2.45) is 0 Å². The highest BCUT2D eigenvalue weighted by Crippen LogP contribution is 2.12. The average molecular weight is 352 g/mol. The van der Waals surface area contributed by atoms with Crippen molar-refractivity contribution in [2.45, 2.75) is 20.8 Å². The Morgan fingerprint density at radius 2 is 1.56 bits per heavy atom. The van der Waals surface area contributed by atoms with Crippen LogP contribution in [0.25, 0.3) is 0 Å². The lowest BCUT2D eigenvalue weighted by atomic mass is 10.1. The molecule has 0 saturated heterocycles. The number of hydrogen-bond acceptors (Lipinski definition) is 6. The SMILES string of the molecule is C.C=CC(=O)OCCCOCCOCCOc1ccc(C(C)=O)cc1. The Morgan fingerprint density at radius 1 is 0.960 bits per heavy atom. The minimum Gasteiger partial charge on any atom is -0.491 e. The highest BCUT2D eigenvalue weighted by molar-refractivity contribution is 5.94. The van der Waals surface area contributed by atoms with Crippen LogP contribution in [0.5, 0.6) is 5.75 Å². The first-order valence-electron chi connectivity index (χ1n) is 7.82. The Bertz CT molecular complexity index is 509. The number of rotatable bonds is 13. The molecule has 0 saturated carbocycles. The lowest BCUT2D eigenvalue weighted by Gasteiger charge is -2.08. The van der Waals surface area contributed by atoms with E-state index in [4.69, 9.17) is 18.9 Å². The van der Waals surface area contributed by atoms with Gasteiger partial charge >= 0.3 is 5.97 Å². The van der Waals surface area contributed by atoms with Gasteiger partial charge in [0.2, 0.25) is 0 Å². The predicted octanol–water partition coefficient (Wildman–Crippen LogP) is 3.06. The van der Waals surface area contributed by atoms with E-state index in [9.17, 15) is 9.59 Å². The lowest BCUT2D eigenvalue weighted by molar-refractivity contribution is -0.138. The van der Waals surface area contributed by atoms with Gasteiger partial charge in [0.25, 0.3) is 0 Å². The molecule has 0 atom stereocenters. The maximum Gasteiger partial charge on any atom is 0.330 e. The molecule has 0 aromatic heterocycles. The fourth-order valence-electron chi connectivity index (χ4n) is 1.72. The van der Waals surface area contributed by atoms with E-state index in [1.54, 1.807) is 24.3 Å². The van der Waals surface area contributed by atoms with Crippen LogP contribution in [-0.4, -0.2) is 51.4 Å². The standard InChI is InChI=1S/C18H24O6.CH4/c1-3-18(20)24-10-4-9-21-11-12-22-13-14-23-17-7-5-16(6-8-17)15(2)19;/h3,5-8H,1,4,9-14H2,2H3;1H4. The number of Topliss-reactive ketones (excluding diaryl/α,β-unsaturated/α-hetero) is 1. The van der Waals surface area contributed by atoms with E-state index in [-0.39, 0.29) is 13.2 Å². The molecule has 25 heavy (non-hydrogen) atoms. The maximum atomic E-state index is 11.1. The van der Waals surface area contributed by atoms with Crippen molar-refractivity contribution in [1.82, 2.24) is 0 Å². The second kappa shape index (κ2) is 14.2. The molecule has 0 fully saturated rings. The van der Waals surface area contributed by atoms with Crippen LogP contribution >= 0.6 is 0 Å². The Labute approximate surface area is 149 Å². The van der Waals surface area contributed by atoms with Gasteiger partial charge in [-0.3, -0.25) is 4.79 Å². The number of carbonyl (C=O) groups excluding carboxylic acids is 2. The lowest BCUT2D eigenvalue weighted by Crippen LogP contribution is -2.12. The Balaban J connectivity index is 0.00000576. The average Bonchev–Trinajstić information content (AvgIpc) is 2.59. The van der Waals surface area contributed by atoms with E-state index in [1.807, 2.05) is 0 Å². The van der Waals surface area contributed by atoms with Crippen LogP contribution in [-0.2, 0) is 19.0 Å². The van der Waals surface area contributed by atoms with Crippen molar-refractivity contribution in [3.8, 4) is 5.75 Å². The molecule has 0 heterocycles. The first kappa shape index (κ1) is 22.8. The van der Waals surface area contributed by atoms with E-state index >= 15 is 0 Å². The van der Waals surface area contributed by atoms with Crippen LogP contribution in [0.4, 0.5) is 0 Å². The van der Waals surface area contributed by atoms with Gasteiger partial charge in [-0.15, -0.1) is 0 Å². The summed E-state index contributed by atoms with van der Waals surface area (Å²) in [5, 5.41) is 0. The Morgan fingerprint density at radius 3 is 2.16 bits per heavy atom. The molecule has 0 aliphatic heterocycles. The fraction of sp³-hybridized carbons (Fsp3) is 0.474. The van der Waals surface area contributed by atoms with Crippen LogP contribution in [0.1, 0.15) is 31.1 Å². The summed E-state index contributed by atoms with van der Waals surface area (Å²) in [6.07, 6.45) is 1.77. The number of esters is 1. The smallest absolute Gasteiger partial charge is 0.330 e. The summed E-state index contributed by atoms with van der Waals surface area (Å²) in [5.74, 6) is 0.312. The van der Waals surface area contributed by atoms with Gasteiger partial charge in [0.15, 0.2) is 5.78 Å². The molecule has 6 heteroatoms. The van der Waals surface area contributed by atoms with E-state index in [0.29, 0.717) is 57.4 Å². The molecule has 0 aliphatic rings. The fourth-order valence-corrected chi connectivity index (χ4v) is 1.72. The van der Waals surface area contributed by atoms with Gasteiger partial charge in [-0.1, -0.05) is 14.0 Å². The number of ether oxygens (including phenoxy) is 4. The molecule has 0 radical (unpaired) electrons. The summed E-state index contributed by atoms with van der Waals surface area (Å²) >= 11 is 0. The zero-order valence-electron chi connectivity index (χ0n) is 14.0. The van der Waals surface area contributed by atoms with Gasteiger partial charge in [-0.25, -0.2) is 4.79 Å². The van der Waals surface area contributed by atoms with Gasteiger partial charge in [-0.2, -0.15) is 0 Å². The molecule has 1 aromatic rings. The second-order valence-corrected chi connectivity index (χ2v) is 4.88. The Kier molecular flexibility index (Phi) is 13.0. The third-order valence-electron chi connectivity index (χ3n) is 2.97. The quantitative estimate of drug-likeness (QED) is 0.235. The molecular weight excluding hydrogens is 324 g/mol. The third kappa shape index (κ3) is 11.1. The Hall–Kier alpha value is -2.18. The molecule has 0 unspecified atom stereocenters. The molecule has 1 aromatic carbocycles. The largest absolute Gasteiger partial charge is 0.491 e.